The Labute approximate surface area is 120 Å². The monoisotopic (exact) mass is 323 g/mol. The number of nitrogens with one attached hydrogen (secondary N) is 1. The van der Waals surface area contributed by atoms with Gasteiger partial charge >= 0.3 is 0 Å². The molecule has 0 aliphatic carbocycles. The first-order chi connectivity index (χ1) is 9.08. The van der Waals surface area contributed by atoms with Gasteiger partial charge in [0.1, 0.15) is 0 Å². The summed E-state index contributed by atoms with van der Waals surface area (Å²) in [4.78, 5) is 0. The minimum atomic E-state index is -0.590. The molecule has 0 bridgehead atoms. The van der Waals surface area contributed by atoms with E-state index in [1.165, 1.54) is 12.1 Å². The van der Waals surface area contributed by atoms with Gasteiger partial charge in [0.15, 0.2) is 11.6 Å². The number of hydrogen-bond donors (Lipinski definition) is 2. The van der Waals surface area contributed by atoms with E-state index >= 15 is 0 Å². The fourth-order valence-electron chi connectivity index (χ4n) is 1.87. The smallest absolute Gasteiger partial charge is 0.165 e. The molecule has 19 heavy (non-hydrogen) atoms. The normalized spacial score (nSPS) is 12.4. The molecule has 2 N–H and O–H groups in total. The van der Waals surface area contributed by atoms with E-state index in [1.807, 2.05) is 24.3 Å². The van der Waals surface area contributed by atoms with E-state index in [4.69, 9.17) is 5.11 Å². The van der Waals surface area contributed by atoms with Crippen LogP contribution >= 0.6 is 15.9 Å². The fourth-order valence-corrected chi connectivity index (χ4v) is 2.50. The second kappa shape index (κ2) is 6.17. The molecular weight excluding hydrogens is 309 g/mol. The minimum Gasteiger partial charge on any atom is -0.505 e. The quantitative estimate of drug-likeness (QED) is 0.886. The van der Waals surface area contributed by atoms with Gasteiger partial charge in [0.2, 0.25) is 0 Å². The highest BCUT2D eigenvalue weighted by molar-refractivity contribution is 9.10. The maximum Gasteiger partial charge on any atom is 0.165 e. The molecule has 0 saturated carbocycles. The van der Waals surface area contributed by atoms with Crippen molar-refractivity contribution < 1.29 is 9.50 Å². The molecule has 2 nitrogen and oxygen atoms in total. The number of phenols is 1. The van der Waals surface area contributed by atoms with Gasteiger partial charge in [0.25, 0.3) is 0 Å². The van der Waals surface area contributed by atoms with Gasteiger partial charge in [-0.15, -0.1) is 0 Å². The summed E-state index contributed by atoms with van der Waals surface area (Å²) in [6, 6.07) is 12.6. The summed E-state index contributed by atoms with van der Waals surface area (Å²) in [6.07, 6.45) is 0. The van der Waals surface area contributed by atoms with Gasteiger partial charge in [-0.05, 0) is 36.2 Å². The molecule has 0 saturated heterocycles. The van der Waals surface area contributed by atoms with Gasteiger partial charge in [-0.3, -0.25) is 0 Å². The summed E-state index contributed by atoms with van der Waals surface area (Å²) in [7, 11) is 0. The number of hydrogen-bond acceptors (Lipinski definition) is 2. The van der Waals surface area contributed by atoms with E-state index in [-0.39, 0.29) is 11.8 Å². The molecule has 0 spiro atoms. The predicted octanol–water partition coefficient (Wildman–Crippen LogP) is 4.14. The van der Waals surface area contributed by atoms with Gasteiger partial charge in [0, 0.05) is 17.1 Å². The van der Waals surface area contributed by atoms with Crippen LogP contribution in [0.25, 0.3) is 0 Å². The third-order valence-corrected chi connectivity index (χ3v) is 3.72. The van der Waals surface area contributed by atoms with Crippen molar-refractivity contribution >= 4 is 15.9 Å². The van der Waals surface area contributed by atoms with Crippen LogP contribution in [0, 0.1) is 5.82 Å². The van der Waals surface area contributed by atoms with Gasteiger partial charge in [-0.1, -0.05) is 40.2 Å². The molecule has 0 heterocycles. The summed E-state index contributed by atoms with van der Waals surface area (Å²) in [5, 5.41) is 12.5. The molecule has 0 amide bonds. The van der Waals surface area contributed by atoms with Crippen molar-refractivity contribution in [3.05, 3.63) is 63.9 Å². The van der Waals surface area contributed by atoms with Crippen molar-refractivity contribution in [1.29, 1.82) is 0 Å². The number of phenolic OH excluding ortho intramolecular Hbond substituents is 1. The van der Waals surface area contributed by atoms with Crippen LogP contribution in [-0.2, 0) is 6.54 Å². The molecule has 0 aliphatic rings. The Morgan fingerprint density at radius 1 is 1.26 bits per heavy atom. The van der Waals surface area contributed by atoms with Crippen molar-refractivity contribution in [3.63, 3.8) is 0 Å². The van der Waals surface area contributed by atoms with Crippen LogP contribution in [0.15, 0.2) is 46.9 Å². The molecule has 0 fully saturated rings. The zero-order chi connectivity index (χ0) is 13.8. The Kier molecular flexibility index (Phi) is 4.56. The van der Waals surface area contributed by atoms with E-state index in [2.05, 4.69) is 28.2 Å². The molecule has 1 atom stereocenters. The molecule has 0 aliphatic heterocycles. The van der Waals surface area contributed by atoms with Gasteiger partial charge in [-0.25, -0.2) is 4.39 Å². The van der Waals surface area contributed by atoms with Crippen molar-refractivity contribution in [2.45, 2.75) is 19.5 Å². The molecule has 100 valence electrons. The Balaban J connectivity index is 2.02. The zero-order valence-electron chi connectivity index (χ0n) is 10.5. The number of aromatic hydroxyl groups is 1. The maximum atomic E-state index is 13.2. The lowest BCUT2D eigenvalue weighted by Gasteiger charge is -2.16. The third-order valence-electron chi connectivity index (χ3n) is 3.00. The highest BCUT2D eigenvalue weighted by Gasteiger charge is 2.08. The van der Waals surface area contributed by atoms with Crippen molar-refractivity contribution in [1.82, 2.24) is 5.32 Å². The topological polar surface area (TPSA) is 32.3 Å². The Hall–Kier alpha value is -1.39. The average molecular weight is 324 g/mol. The standard InChI is InChI=1S/C15H15BrFNO/c1-10(12-4-2-3-5-13(12)16)18-9-11-6-7-15(19)14(17)8-11/h2-8,10,18-19H,9H2,1H3. The summed E-state index contributed by atoms with van der Waals surface area (Å²) in [5.74, 6) is -0.907. The number of rotatable bonds is 4. The maximum absolute atomic E-state index is 13.2. The van der Waals surface area contributed by atoms with Gasteiger partial charge < -0.3 is 10.4 Å². The highest BCUT2D eigenvalue weighted by Crippen LogP contribution is 2.23. The number of halogens is 2. The van der Waals surface area contributed by atoms with E-state index in [0.717, 1.165) is 15.6 Å². The zero-order valence-corrected chi connectivity index (χ0v) is 12.1. The Morgan fingerprint density at radius 2 is 2.00 bits per heavy atom. The Bertz CT molecular complexity index is 574. The molecule has 1 unspecified atom stereocenters. The molecule has 2 aromatic carbocycles. The van der Waals surface area contributed by atoms with E-state index < -0.39 is 5.82 Å². The van der Waals surface area contributed by atoms with Crippen LogP contribution in [0.3, 0.4) is 0 Å². The third kappa shape index (κ3) is 3.55. The van der Waals surface area contributed by atoms with E-state index in [0.29, 0.717) is 6.54 Å². The lowest BCUT2D eigenvalue weighted by Crippen LogP contribution is -2.18. The van der Waals surface area contributed by atoms with Crippen molar-refractivity contribution in [2.75, 3.05) is 0 Å². The lowest BCUT2D eigenvalue weighted by molar-refractivity contribution is 0.431. The largest absolute Gasteiger partial charge is 0.505 e. The van der Waals surface area contributed by atoms with Crippen LogP contribution in [0.2, 0.25) is 0 Å². The second-order valence-electron chi connectivity index (χ2n) is 4.41. The first-order valence-corrected chi connectivity index (χ1v) is 6.82. The van der Waals surface area contributed by atoms with E-state index in [9.17, 15) is 4.39 Å². The molecule has 0 aromatic heterocycles. The van der Waals surface area contributed by atoms with Crippen LogP contribution in [-0.4, -0.2) is 5.11 Å². The molecule has 2 aromatic rings. The van der Waals surface area contributed by atoms with E-state index in [1.54, 1.807) is 6.07 Å². The predicted molar refractivity (Wildman–Crippen MR) is 77.5 cm³/mol. The van der Waals surface area contributed by atoms with Crippen LogP contribution in [0.1, 0.15) is 24.1 Å². The average Bonchev–Trinajstić information content (AvgIpc) is 2.40. The molecule has 0 radical (unpaired) electrons. The molecule has 4 heteroatoms. The van der Waals surface area contributed by atoms with Gasteiger partial charge in [0.05, 0.1) is 0 Å². The molecule has 2 rings (SSSR count). The summed E-state index contributed by atoms with van der Waals surface area (Å²) in [5.41, 5.74) is 1.95. The fraction of sp³-hybridized carbons (Fsp3) is 0.200. The molecular formula is C15H15BrFNO. The summed E-state index contributed by atoms with van der Waals surface area (Å²) in [6.45, 7) is 2.59. The number of benzene rings is 2. The highest BCUT2D eigenvalue weighted by atomic mass is 79.9. The first kappa shape index (κ1) is 14.0. The summed E-state index contributed by atoms with van der Waals surface area (Å²) >= 11 is 3.51. The minimum absolute atomic E-state index is 0.146. The van der Waals surface area contributed by atoms with Crippen LogP contribution in [0.5, 0.6) is 5.75 Å². The second-order valence-corrected chi connectivity index (χ2v) is 5.26. The Morgan fingerprint density at radius 3 is 2.68 bits per heavy atom. The van der Waals surface area contributed by atoms with Gasteiger partial charge in [-0.2, -0.15) is 0 Å². The summed E-state index contributed by atoms with van der Waals surface area (Å²) < 4.78 is 14.3. The van der Waals surface area contributed by atoms with Crippen molar-refractivity contribution in [3.8, 4) is 5.75 Å². The first-order valence-electron chi connectivity index (χ1n) is 6.03. The SMILES string of the molecule is CC(NCc1ccc(O)c(F)c1)c1ccccc1Br. The van der Waals surface area contributed by atoms with Crippen LogP contribution < -0.4 is 5.32 Å². The van der Waals surface area contributed by atoms with Crippen LogP contribution in [0.4, 0.5) is 4.39 Å². The lowest BCUT2D eigenvalue weighted by atomic mass is 10.1. The van der Waals surface area contributed by atoms with Crippen molar-refractivity contribution in [2.24, 2.45) is 0 Å².